The summed E-state index contributed by atoms with van der Waals surface area (Å²) in [5.41, 5.74) is 5.42. The van der Waals surface area contributed by atoms with Crippen LogP contribution in [0.25, 0.3) is 0 Å². The van der Waals surface area contributed by atoms with Crippen LogP contribution >= 0.6 is 0 Å². The lowest BCUT2D eigenvalue weighted by atomic mass is 9.85. The number of hydrogen-bond acceptors (Lipinski definition) is 6. The second-order valence-corrected chi connectivity index (χ2v) is 6.73. The molecule has 3 rings (SSSR count). The molecule has 7 nitrogen and oxygen atoms in total. The van der Waals surface area contributed by atoms with Gasteiger partial charge in [-0.25, -0.2) is 5.01 Å². The molecule has 0 spiro atoms. The minimum absolute atomic E-state index is 0.216. The first kappa shape index (κ1) is 20.1. The number of amides is 1. The van der Waals surface area contributed by atoms with E-state index in [2.05, 4.69) is 5.43 Å². The number of hydrazine groups is 1. The first-order chi connectivity index (χ1) is 13.6. The number of nitrogens with one attached hydrogen (secondary N) is 1. The maximum absolute atomic E-state index is 12.7. The highest BCUT2D eigenvalue weighted by atomic mass is 16.5. The van der Waals surface area contributed by atoms with Gasteiger partial charge >= 0.3 is 0 Å². The molecule has 150 valence electrons. The van der Waals surface area contributed by atoms with Crippen LogP contribution in [0.5, 0.6) is 11.5 Å². The third kappa shape index (κ3) is 3.96. The van der Waals surface area contributed by atoms with Gasteiger partial charge in [-0.2, -0.15) is 0 Å². The SMILES string of the molecule is COc1cc2c(cc1OC)C(C(CO)CO)N(NC(=O)c1ccccc1)CC2. The van der Waals surface area contributed by atoms with Crippen molar-refractivity contribution in [1.29, 1.82) is 0 Å². The van der Waals surface area contributed by atoms with Crippen molar-refractivity contribution in [3.8, 4) is 11.5 Å². The number of fused-ring (bicyclic) bond motifs is 1. The number of aliphatic hydroxyl groups excluding tert-OH is 2. The molecule has 0 bridgehead atoms. The van der Waals surface area contributed by atoms with Gasteiger partial charge < -0.3 is 19.7 Å². The molecule has 1 aliphatic heterocycles. The fourth-order valence-electron chi connectivity index (χ4n) is 3.65. The van der Waals surface area contributed by atoms with E-state index in [1.165, 1.54) is 0 Å². The van der Waals surface area contributed by atoms with E-state index >= 15 is 0 Å². The fourth-order valence-corrected chi connectivity index (χ4v) is 3.65. The largest absolute Gasteiger partial charge is 0.493 e. The molecule has 0 saturated heterocycles. The van der Waals surface area contributed by atoms with Gasteiger partial charge in [0.1, 0.15) is 0 Å². The average molecular weight is 386 g/mol. The van der Waals surface area contributed by atoms with E-state index in [4.69, 9.17) is 9.47 Å². The number of carbonyl (C=O) groups is 1. The molecule has 0 aliphatic carbocycles. The first-order valence-corrected chi connectivity index (χ1v) is 9.22. The molecule has 2 aromatic carbocycles. The molecule has 2 aromatic rings. The molecule has 0 aromatic heterocycles. The van der Waals surface area contributed by atoms with E-state index in [1.54, 1.807) is 43.5 Å². The standard InChI is InChI=1S/C21H26N2O5/c1-27-18-10-15-8-9-23(22-21(26)14-6-4-3-5-7-14)20(16(12-24)13-25)17(15)11-19(18)28-2/h3-7,10-11,16,20,24-25H,8-9,12-13H2,1-2H3,(H,22,26). The number of benzene rings is 2. The van der Waals surface area contributed by atoms with Crippen molar-refractivity contribution >= 4 is 5.91 Å². The van der Waals surface area contributed by atoms with Gasteiger partial charge in [0.2, 0.25) is 0 Å². The van der Waals surface area contributed by atoms with Gasteiger partial charge in [-0.3, -0.25) is 10.2 Å². The van der Waals surface area contributed by atoms with Gasteiger partial charge in [0.15, 0.2) is 11.5 Å². The highest BCUT2D eigenvalue weighted by Crippen LogP contribution is 2.40. The van der Waals surface area contributed by atoms with Crippen LogP contribution in [0.4, 0.5) is 0 Å². The van der Waals surface area contributed by atoms with Crippen molar-refractivity contribution in [1.82, 2.24) is 10.4 Å². The first-order valence-electron chi connectivity index (χ1n) is 9.22. The molecule has 1 heterocycles. The Morgan fingerprint density at radius 2 is 1.79 bits per heavy atom. The van der Waals surface area contributed by atoms with E-state index in [-0.39, 0.29) is 19.1 Å². The van der Waals surface area contributed by atoms with Crippen molar-refractivity contribution in [2.45, 2.75) is 12.5 Å². The number of ether oxygens (including phenoxy) is 2. The summed E-state index contributed by atoms with van der Waals surface area (Å²) in [6, 6.07) is 12.3. The second-order valence-electron chi connectivity index (χ2n) is 6.73. The molecular formula is C21H26N2O5. The minimum Gasteiger partial charge on any atom is -0.493 e. The number of carbonyl (C=O) groups excluding carboxylic acids is 1. The molecule has 1 amide bonds. The summed E-state index contributed by atoms with van der Waals surface area (Å²) in [6.45, 7) is 0.113. The Balaban J connectivity index is 1.97. The predicted molar refractivity (Wildman–Crippen MR) is 104 cm³/mol. The quantitative estimate of drug-likeness (QED) is 0.669. The highest BCUT2D eigenvalue weighted by Gasteiger charge is 2.35. The lowest BCUT2D eigenvalue weighted by molar-refractivity contribution is 0.0188. The third-order valence-corrected chi connectivity index (χ3v) is 5.12. The lowest BCUT2D eigenvalue weighted by Crippen LogP contribution is -2.51. The van der Waals surface area contributed by atoms with Crippen LogP contribution in [0, 0.1) is 5.92 Å². The zero-order valence-electron chi connectivity index (χ0n) is 16.1. The zero-order valence-corrected chi connectivity index (χ0v) is 16.1. The molecule has 28 heavy (non-hydrogen) atoms. The van der Waals surface area contributed by atoms with Crippen LogP contribution in [0.3, 0.4) is 0 Å². The Morgan fingerprint density at radius 1 is 1.14 bits per heavy atom. The lowest BCUT2D eigenvalue weighted by Gasteiger charge is -2.40. The van der Waals surface area contributed by atoms with Crippen molar-refractivity contribution < 1.29 is 24.5 Å². The molecule has 0 radical (unpaired) electrons. The van der Waals surface area contributed by atoms with Gasteiger partial charge in [0, 0.05) is 31.2 Å². The van der Waals surface area contributed by atoms with E-state index in [0.29, 0.717) is 30.0 Å². The van der Waals surface area contributed by atoms with Crippen LogP contribution in [-0.2, 0) is 6.42 Å². The maximum atomic E-state index is 12.7. The van der Waals surface area contributed by atoms with E-state index in [0.717, 1.165) is 11.1 Å². The van der Waals surface area contributed by atoms with E-state index in [1.807, 2.05) is 18.2 Å². The molecule has 1 unspecified atom stereocenters. The smallest absolute Gasteiger partial charge is 0.265 e. The van der Waals surface area contributed by atoms with Gasteiger partial charge in [0.05, 0.1) is 20.3 Å². The summed E-state index contributed by atoms with van der Waals surface area (Å²) in [7, 11) is 3.15. The van der Waals surface area contributed by atoms with E-state index in [9.17, 15) is 15.0 Å². The van der Waals surface area contributed by atoms with Crippen LogP contribution in [0.2, 0.25) is 0 Å². The van der Waals surface area contributed by atoms with Gasteiger partial charge in [0.25, 0.3) is 5.91 Å². The number of methoxy groups -OCH3 is 2. The molecule has 1 atom stereocenters. The van der Waals surface area contributed by atoms with Crippen LogP contribution in [0.15, 0.2) is 42.5 Å². The van der Waals surface area contributed by atoms with Crippen LogP contribution in [-0.4, -0.2) is 55.1 Å². The number of hydrogen-bond donors (Lipinski definition) is 3. The van der Waals surface area contributed by atoms with Crippen molar-refractivity contribution in [2.24, 2.45) is 5.92 Å². The van der Waals surface area contributed by atoms with Gasteiger partial charge in [-0.15, -0.1) is 0 Å². The summed E-state index contributed by atoms with van der Waals surface area (Å²) in [5.74, 6) is 0.501. The summed E-state index contributed by atoms with van der Waals surface area (Å²) in [5, 5.41) is 21.5. The summed E-state index contributed by atoms with van der Waals surface area (Å²) in [6.07, 6.45) is 0.685. The minimum atomic E-state index is -0.465. The Bertz CT molecular complexity index is 808. The maximum Gasteiger partial charge on any atom is 0.265 e. The Labute approximate surface area is 164 Å². The summed E-state index contributed by atoms with van der Waals surface area (Å²) in [4.78, 5) is 12.7. The van der Waals surface area contributed by atoms with Crippen molar-refractivity contribution in [3.05, 3.63) is 59.2 Å². The number of rotatable bonds is 7. The van der Waals surface area contributed by atoms with Gasteiger partial charge in [-0.1, -0.05) is 18.2 Å². The molecule has 0 fully saturated rings. The van der Waals surface area contributed by atoms with Crippen molar-refractivity contribution in [2.75, 3.05) is 34.0 Å². The third-order valence-electron chi connectivity index (χ3n) is 5.12. The fraction of sp³-hybridized carbons (Fsp3) is 0.381. The zero-order chi connectivity index (χ0) is 20.1. The number of aliphatic hydroxyl groups is 2. The Kier molecular flexibility index (Phi) is 6.51. The molecule has 1 aliphatic rings. The van der Waals surface area contributed by atoms with Crippen molar-refractivity contribution in [3.63, 3.8) is 0 Å². The number of nitrogens with zero attached hydrogens (tertiary/aromatic N) is 1. The van der Waals surface area contributed by atoms with Gasteiger partial charge in [-0.05, 0) is 41.8 Å². The Hall–Kier alpha value is -2.61. The summed E-state index contributed by atoms with van der Waals surface area (Å²) >= 11 is 0. The second kappa shape index (κ2) is 9.05. The van der Waals surface area contributed by atoms with Crippen LogP contribution in [0.1, 0.15) is 27.5 Å². The normalized spacial score (nSPS) is 16.5. The molecule has 7 heteroatoms. The average Bonchev–Trinajstić information content (AvgIpc) is 2.75. The summed E-state index contributed by atoms with van der Waals surface area (Å²) < 4.78 is 10.8. The molecular weight excluding hydrogens is 360 g/mol. The Morgan fingerprint density at radius 3 is 2.39 bits per heavy atom. The monoisotopic (exact) mass is 386 g/mol. The molecule has 0 saturated carbocycles. The molecule has 3 N–H and O–H groups in total. The van der Waals surface area contributed by atoms with E-state index < -0.39 is 12.0 Å². The van der Waals surface area contributed by atoms with Crippen LogP contribution < -0.4 is 14.9 Å². The topological polar surface area (TPSA) is 91.3 Å². The highest BCUT2D eigenvalue weighted by molar-refractivity contribution is 5.93. The predicted octanol–water partition coefficient (Wildman–Crippen LogP) is 1.55.